The van der Waals surface area contributed by atoms with Gasteiger partial charge in [-0.2, -0.15) is 0 Å². The number of rotatable bonds is 5. The molecule has 2 N–H and O–H groups in total. The van der Waals surface area contributed by atoms with E-state index >= 15 is 0 Å². The molecule has 0 spiro atoms. The Kier molecular flexibility index (Phi) is 8.11. The summed E-state index contributed by atoms with van der Waals surface area (Å²) in [6.07, 6.45) is 3.44. The maximum atomic E-state index is 5.60. The van der Waals surface area contributed by atoms with E-state index in [0.717, 1.165) is 0 Å². The molecule has 0 aliphatic rings. The van der Waals surface area contributed by atoms with Crippen molar-refractivity contribution in [2.75, 3.05) is 10.0 Å². The van der Waals surface area contributed by atoms with Crippen LogP contribution in [-0.2, 0) is 0 Å². The zero-order chi connectivity index (χ0) is 7.11. The van der Waals surface area contributed by atoms with Gasteiger partial charge >= 0.3 is 72.5 Å². The van der Waals surface area contributed by atoms with Gasteiger partial charge in [0.25, 0.3) is 0 Å². The first kappa shape index (κ1) is 10.1. The molecule has 0 aliphatic heterocycles. The molecule has 9 heavy (non-hydrogen) atoms. The van der Waals surface area contributed by atoms with E-state index in [1.807, 2.05) is 11.8 Å². The summed E-state index contributed by atoms with van der Waals surface area (Å²) in [5.41, 5.74) is 5.60. The van der Waals surface area contributed by atoms with Crippen LogP contribution in [0.5, 0.6) is 0 Å². The predicted molar refractivity (Wildman–Crippen MR) is 47.2 cm³/mol. The molecule has 1 nitrogen and oxygen atoms in total. The summed E-state index contributed by atoms with van der Waals surface area (Å²) in [6, 6.07) is 0.438. The molecule has 0 aliphatic carbocycles. The Labute approximate surface area is 72.4 Å². The quantitative estimate of drug-likeness (QED) is 0.587. The van der Waals surface area contributed by atoms with Crippen LogP contribution in [0.3, 0.4) is 0 Å². The van der Waals surface area contributed by atoms with E-state index in [9.17, 15) is 0 Å². The molecular weight excluding hydrogens is 237 g/mol. The van der Waals surface area contributed by atoms with Crippen molar-refractivity contribution < 1.29 is 0 Å². The minimum absolute atomic E-state index is 0.0116. The van der Waals surface area contributed by atoms with Gasteiger partial charge in [-0.3, -0.25) is 0 Å². The van der Waals surface area contributed by atoms with Gasteiger partial charge in [-0.1, -0.05) is 0 Å². The van der Waals surface area contributed by atoms with Gasteiger partial charge in [0.2, 0.25) is 0 Å². The summed E-state index contributed by atoms with van der Waals surface area (Å²) in [5, 5.41) is 0. The second kappa shape index (κ2) is 7.22. The van der Waals surface area contributed by atoms with Crippen molar-refractivity contribution in [2.24, 2.45) is 5.73 Å². The Balaban J connectivity index is 2.75. The third-order valence-corrected chi connectivity index (χ3v) is 7.57. The van der Waals surface area contributed by atoms with E-state index < -0.39 is 0 Å². The zero-order valence-electron chi connectivity index (χ0n) is 6.18. The number of hydrogen-bond donors (Lipinski definition) is 1. The molecule has 0 bridgehead atoms. The molecular formula is C6H15NSSn+2. The van der Waals surface area contributed by atoms with Crippen molar-refractivity contribution in [2.45, 2.75) is 23.8 Å². The van der Waals surface area contributed by atoms with Gasteiger partial charge in [-0.25, -0.2) is 0 Å². The Morgan fingerprint density at radius 2 is 2.33 bits per heavy atom. The molecule has 3 heteroatoms. The Morgan fingerprint density at radius 3 is 2.78 bits per heavy atom. The van der Waals surface area contributed by atoms with Crippen molar-refractivity contribution in [3.63, 3.8) is 0 Å². The standard InChI is InChI=1S/C4H10N.C2H5S.Sn/c1-3-4(2)5;1-3-2;/h4H,1,3,5H2,2H3;1H2,2H3;/q;;+2. The van der Waals surface area contributed by atoms with E-state index in [2.05, 4.69) is 13.2 Å². The van der Waals surface area contributed by atoms with E-state index in [4.69, 9.17) is 5.73 Å². The third-order valence-electron chi connectivity index (χ3n) is 1.02. The van der Waals surface area contributed by atoms with Crippen molar-refractivity contribution in [1.82, 2.24) is 0 Å². The molecule has 0 radical (unpaired) electrons. The van der Waals surface area contributed by atoms with Gasteiger partial charge in [0, 0.05) is 0 Å². The SMILES string of the molecule is CS[CH2][Sn+2][CH2]CC(C)N. The second-order valence-corrected chi connectivity index (χ2v) is 8.39. The Bertz CT molecular complexity index is 59.0. The first-order chi connectivity index (χ1) is 4.27. The van der Waals surface area contributed by atoms with Crippen LogP contribution in [0.2, 0.25) is 4.44 Å². The molecule has 0 saturated heterocycles. The van der Waals surface area contributed by atoms with E-state index in [1.54, 1.807) is 0 Å². The van der Waals surface area contributed by atoms with Crippen LogP contribution in [0.1, 0.15) is 13.3 Å². The maximum absolute atomic E-state index is 5.60. The molecule has 0 fully saturated rings. The fourth-order valence-corrected chi connectivity index (χ4v) is 5.72. The number of thioether (sulfide) groups is 1. The van der Waals surface area contributed by atoms with Crippen LogP contribution in [0.4, 0.5) is 0 Å². The van der Waals surface area contributed by atoms with E-state index in [-0.39, 0.29) is 21.1 Å². The third kappa shape index (κ3) is 9.11. The van der Waals surface area contributed by atoms with Crippen molar-refractivity contribution in [1.29, 1.82) is 0 Å². The van der Waals surface area contributed by atoms with E-state index in [1.165, 1.54) is 14.6 Å². The molecule has 0 rings (SSSR count). The first-order valence-corrected chi connectivity index (χ1v) is 8.65. The van der Waals surface area contributed by atoms with Crippen LogP contribution < -0.4 is 5.73 Å². The fraction of sp³-hybridized carbons (Fsp3) is 1.00. The van der Waals surface area contributed by atoms with Crippen molar-refractivity contribution in [3.05, 3.63) is 0 Å². The van der Waals surface area contributed by atoms with Gasteiger partial charge in [0.05, 0.1) is 0 Å². The molecule has 1 unspecified atom stereocenters. The van der Waals surface area contributed by atoms with Gasteiger partial charge in [0.1, 0.15) is 0 Å². The van der Waals surface area contributed by atoms with Gasteiger partial charge < -0.3 is 0 Å². The normalized spacial score (nSPS) is 12.8. The average Bonchev–Trinajstić information content (AvgIpc) is 1.80. The molecule has 0 aromatic carbocycles. The average molecular weight is 252 g/mol. The zero-order valence-corrected chi connectivity index (χ0v) is 9.85. The monoisotopic (exact) mass is 253 g/mol. The summed E-state index contributed by atoms with van der Waals surface area (Å²) < 4.78 is 2.91. The summed E-state index contributed by atoms with van der Waals surface area (Å²) in [7, 11) is 0. The molecule has 0 heterocycles. The predicted octanol–water partition coefficient (Wildman–Crippen LogP) is 1.17. The number of hydrogen-bond acceptors (Lipinski definition) is 2. The summed E-state index contributed by atoms with van der Waals surface area (Å²) >= 11 is 2.00. The van der Waals surface area contributed by atoms with E-state index in [0.29, 0.717) is 6.04 Å². The van der Waals surface area contributed by atoms with Gasteiger partial charge in [-0.15, -0.1) is 0 Å². The molecule has 0 amide bonds. The first-order valence-electron chi connectivity index (χ1n) is 3.22. The Morgan fingerprint density at radius 1 is 1.67 bits per heavy atom. The van der Waals surface area contributed by atoms with Crippen LogP contribution >= 0.6 is 11.8 Å². The number of nitrogens with two attached hydrogens (primary N) is 1. The molecule has 0 aromatic heterocycles. The van der Waals surface area contributed by atoms with Crippen LogP contribution in [0.25, 0.3) is 0 Å². The molecule has 1 atom stereocenters. The molecule has 0 saturated carbocycles. The topological polar surface area (TPSA) is 26.0 Å². The summed E-state index contributed by atoms with van der Waals surface area (Å²) in [5.74, 6) is 0. The van der Waals surface area contributed by atoms with Gasteiger partial charge in [0.15, 0.2) is 0 Å². The summed E-state index contributed by atoms with van der Waals surface area (Å²) in [4.78, 5) is 0. The van der Waals surface area contributed by atoms with Gasteiger partial charge in [-0.05, 0) is 0 Å². The fourth-order valence-electron chi connectivity index (χ4n) is 0.504. The van der Waals surface area contributed by atoms with Crippen LogP contribution in [0.15, 0.2) is 0 Å². The molecule has 52 valence electrons. The molecule has 0 aromatic rings. The minimum atomic E-state index is 0.0116. The van der Waals surface area contributed by atoms with Crippen molar-refractivity contribution in [3.8, 4) is 0 Å². The second-order valence-electron chi connectivity index (χ2n) is 2.20. The van der Waals surface area contributed by atoms with Crippen LogP contribution in [0, 0.1) is 0 Å². The van der Waals surface area contributed by atoms with Crippen molar-refractivity contribution >= 4 is 32.9 Å². The Hall–Kier alpha value is 1.11. The summed E-state index contributed by atoms with van der Waals surface area (Å²) in [6.45, 7) is 2.10. The van der Waals surface area contributed by atoms with Crippen LogP contribution in [-0.4, -0.2) is 37.2 Å².